The first-order valence-corrected chi connectivity index (χ1v) is 8.52. The number of nitrogens with zero attached hydrogens (tertiary/aromatic N) is 1. The van der Waals surface area contributed by atoms with Crippen molar-refractivity contribution in [3.63, 3.8) is 0 Å². The molecule has 0 spiro atoms. The molecule has 0 aliphatic heterocycles. The van der Waals surface area contributed by atoms with Gasteiger partial charge in [-0.1, -0.05) is 19.1 Å². The second-order valence-electron chi connectivity index (χ2n) is 6.50. The molecule has 3 aromatic rings. The first kappa shape index (κ1) is 14.3. The lowest BCUT2D eigenvalue weighted by Crippen LogP contribution is -2.07. The van der Waals surface area contributed by atoms with Crippen molar-refractivity contribution >= 4 is 10.9 Å². The zero-order valence-electron chi connectivity index (χ0n) is 13.8. The first-order valence-electron chi connectivity index (χ1n) is 8.52. The molecule has 0 unspecified atom stereocenters. The fourth-order valence-electron chi connectivity index (χ4n) is 3.98. The lowest BCUT2D eigenvalue weighted by atomic mass is 9.94. The molecular weight excluding hydrogens is 284 g/mol. The molecule has 3 heteroatoms. The van der Waals surface area contributed by atoms with Crippen LogP contribution in [0.3, 0.4) is 0 Å². The molecule has 0 fully saturated rings. The van der Waals surface area contributed by atoms with Crippen LogP contribution in [-0.4, -0.2) is 9.55 Å². The van der Waals surface area contributed by atoms with E-state index in [2.05, 4.69) is 41.7 Å². The largest absolute Gasteiger partial charge is 0.347 e. The fourth-order valence-corrected chi connectivity index (χ4v) is 3.98. The van der Waals surface area contributed by atoms with Crippen molar-refractivity contribution in [3.8, 4) is 11.3 Å². The summed E-state index contributed by atoms with van der Waals surface area (Å²) in [6.45, 7) is 2.13. The molecule has 0 bridgehead atoms. The summed E-state index contributed by atoms with van der Waals surface area (Å²) in [6.07, 6.45) is 5.83. The van der Waals surface area contributed by atoms with Gasteiger partial charge in [-0.25, -0.2) is 0 Å². The number of aryl methyl sites for hydroxylation is 3. The number of benzene rings is 1. The molecule has 0 atom stereocenters. The van der Waals surface area contributed by atoms with Crippen LogP contribution in [0.2, 0.25) is 0 Å². The molecule has 3 nitrogen and oxygen atoms in total. The molecule has 118 valence electrons. The van der Waals surface area contributed by atoms with Gasteiger partial charge in [-0.3, -0.25) is 4.79 Å². The van der Waals surface area contributed by atoms with E-state index in [1.807, 2.05) is 6.07 Å². The van der Waals surface area contributed by atoms with Gasteiger partial charge in [-0.2, -0.15) is 0 Å². The lowest BCUT2D eigenvalue weighted by Gasteiger charge is -2.13. The average Bonchev–Trinajstić information content (AvgIpc) is 2.88. The molecule has 1 N–H and O–H groups in total. The van der Waals surface area contributed by atoms with Gasteiger partial charge in [-0.05, 0) is 60.9 Å². The number of fused-ring (bicyclic) bond motifs is 3. The maximum Gasteiger partial charge on any atom is 0.248 e. The minimum Gasteiger partial charge on any atom is -0.347 e. The summed E-state index contributed by atoms with van der Waals surface area (Å²) < 4.78 is 2.35. The number of hydrogen-bond donors (Lipinski definition) is 1. The first-order chi connectivity index (χ1) is 11.2. The van der Waals surface area contributed by atoms with Gasteiger partial charge in [0.2, 0.25) is 5.56 Å². The van der Waals surface area contributed by atoms with Gasteiger partial charge in [0.15, 0.2) is 0 Å². The third kappa shape index (κ3) is 2.23. The highest BCUT2D eigenvalue weighted by Crippen LogP contribution is 2.34. The van der Waals surface area contributed by atoms with Gasteiger partial charge in [0.25, 0.3) is 0 Å². The number of rotatable bonds is 2. The van der Waals surface area contributed by atoms with Gasteiger partial charge in [0.1, 0.15) is 0 Å². The molecule has 4 rings (SSSR count). The molecule has 1 aliphatic carbocycles. The topological polar surface area (TPSA) is 37.8 Å². The lowest BCUT2D eigenvalue weighted by molar-refractivity contribution is 0.653. The number of aromatic amines is 1. The van der Waals surface area contributed by atoms with E-state index < -0.39 is 0 Å². The Bertz CT molecular complexity index is 946. The Morgan fingerprint density at radius 1 is 1.13 bits per heavy atom. The third-order valence-electron chi connectivity index (χ3n) is 5.20. The van der Waals surface area contributed by atoms with E-state index in [1.165, 1.54) is 53.4 Å². The summed E-state index contributed by atoms with van der Waals surface area (Å²) in [5, 5.41) is 1.35. The molecule has 23 heavy (non-hydrogen) atoms. The summed E-state index contributed by atoms with van der Waals surface area (Å²) in [7, 11) is 2.17. The molecular formula is C20H22N2O. The second kappa shape index (κ2) is 5.41. The molecule has 0 saturated carbocycles. The quantitative estimate of drug-likeness (QED) is 0.764. The van der Waals surface area contributed by atoms with Crippen molar-refractivity contribution in [2.24, 2.45) is 7.05 Å². The molecule has 1 aliphatic rings. The second-order valence-corrected chi connectivity index (χ2v) is 6.50. The van der Waals surface area contributed by atoms with E-state index in [0.717, 1.165) is 17.7 Å². The Labute approximate surface area is 136 Å². The van der Waals surface area contributed by atoms with Crippen LogP contribution in [0.4, 0.5) is 0 Å². The number of hydrogen-bond acceptors (Lipinski definition) is 1. The average molecular weight is 306 g/mol. The third-order valence-corrected chi connectivity index (χ3v) is 5.20. The number of pyridine rings is 1. The van der Waals surface area contributed by atoms with Crippen molar-refractivity contribution < 1.29 is 0 Å². The minimum absolute atomic E-state index is 0.0348. The van der Waals surface area contributed by atoms with Crippen LogP contribution in [0.25, 0.3) is 22.2 Å². The van der Waals surface area contributed by atoms with Gasteiger partial charge in [0, 0.05) is 29.7 Å². The van der Waals surface area contributed by atoms with Crippen molar-refractivity contribution in [2.45, 2.75) is 39.0 Å². The summed E-state index contributed by atoms with van der Waals surface area (Å²) >= 11 is 0. The van der Waals surface area contributed by atoms with Crippen LogP contribution in [-0.2, 0) is 26.3 Å². The van der Waals surface area contributed by atoms with E-state index in [-0.39, 0.29) is 5.56 Å². The standard InChI is InChI=1S/C20H22N2O/c1-3-13-9-11-19(23)21-20(13)14-8-10-18-16(12-14)15-6-4-5-7-17(15)22(18)2/h8-12H,3-7H2,1-2H3,(H,21,23). The molecule has 2 aromatic heterocycles. The Hall–Kier alpha value is -2.29. The van der Waals surface area contributed by atoms with Crippen molar-refractivity contribution in [3.05, 3.63) is 57.5 Å². The Morgan fingerprint density at radius 3 is 2.78 bits per heavy atom. The van der Waals surface area contributed by atoms with Gasteiger partial charge < -0.3 is 9.55 Å². The predicted octanol–water partition coefficient (Wildman–Crippen LogP) is 3.97. The van der Waals surface area contributed by atoms with Crippen LogP contribution in [0.1, 0.15) is 36.6 Å². The minimum atomic E-state index is -0.0348. The van der Waals surface area contributed by atoms with Crippen molar-refractivity contribution in [2.75, 3.05) is 0 Å². The zero-order valence-corrected chi connectivity index (χ0v) is 13.8. The van der Waals surface area contributed by atoms with Crippen LogP contribution >= 0.6 is 0 Å². The van der Waals surface area contributed by atoms with E-state index in [0.29, 0.717) is 0 Å². The van der Waals surface area contributed by atoms with E-state index in [1.54, 1.807) is 6.07 Å². The Kier molecular flexibility index (Phi) is 3.37. The normalized spacial score (nSPS) is 14.2. The Morgan fingerprint density at radius 2 is 1.96 bits per heavy atom. The van der Waals surface area contributed by atoms with Gasteiger partial charge >= 0.3 is 0 Å². The molecule has 2 heterocycles. The van der Waals surface area contributed by atoms with Crippen LogP contribution in [0, 0.1) is 0 Å². The highest BCUT2D eigenvalue weighted by molar-refractivity contribution is 5.90. The van der Waals surface area contributed by atoms with Gasteiger partial charge in [-0.15, -0.1) is 0 Å². The number of nitrogens with one attached hydrogen (secondary N) is 1. The zero-order chi connectivity index (χ0) is 16.0. The molecule has 0 amide bonds. The molecule has 1 aromatic carbocycles. The van der Waals surface area contributed by atoms with E-state index in [4.69, 9.17) is 0 Å². The fraction of sp³-hybridized carbons (Fsp3) is 0.350. The van der Waals surface area contributed by atoms with E-state index in [9.17, 15) is 4.79 Å². The summed E-state index contributed by atoms with van der Waals surface area (Å²) in [6, 6.07) is 10.2. The highest BCUT2D eigenvalue weighted by Gasteiger charge is 2.19. The monoisotopic (exact) mass is 306 g/mol. The van der Waals surface area contributed by atoms with Crippen LogP contribution in [0.15, 0.2) is 35.1 Å². The predicted molar refractivity (Wildman–Crippen MR) is 95.0 cm³/mol. The Balaban J connectivity index is 1.96. The summed E-state index contributed by atoms with van der Waals surface area (Å²) in [5.74, 6) is 0. The highest BCUT2D eigenvalue weighted by atomic mass is 16.1. The number of aromatic nitrogens is 2. The summed E-state index contributed by atoms with van der Waals surface area (Å²) in [4.78, 5) is 14.8. The van der Waals surface area contributed by atoms with Crippen molar-refractivity contribution in [1.29, 1.82) is 0 Å². The SMILES string of the molecule is CCc1ccc(=O)[nH]c1-c1ccc2c(c1)c1c(n2C)CCCC1. The van der Waals surface area contributed by atoms with E-state index >= 15 is 0 Å². The molecule has 0 saturated heterocycles. The number of H-pyrrole nitrogens is 1. The smallest absolute Gasteiger partial charge is 0.248 e. The van der Waals surface area contributed by atoms with Gasteiger partial charge in [0.05, 0.1) is 5.69 Å². The molecule has 0 radical (unpaired) electrons. The van der Waals surface area contributed by atoms with Crippen molar-refractivity contribution in [1.82, 2.24) is 9.55 Å². The summed E-state index contributed by atoms with van der Waals surface area (Å²) in [5.41, 5.74) is 7.53. The van der Waals surface area contributed by atoms with Crippen LogP contribution < -0.4 is 5.56 Å². The maximum atomic E-state index is 11.8. The van der Waals surface area contributed by atoms with Crippen LogP contribution in [0.5, 0.6) is 0 Å². The maximum absolute atomic E-state index is 11.8.